The first-order valence-electron chi connectivity index (χ1n) is 13.8. The standard InChI is InChI=1S/C31H33N3O6S2/c1-5-39-30(37)27-19(2)32-31-34(28(27)21-9-11-22(41-4)12-10-21)29(36)25(42-31)17-20-8-13-23(24(16-20)38-3)40-18-26(35)33-14-6-7-15-33/h8-13,16-17,28H,5-7,14-15,18H2,1-4H3/b25-17+/t28-/m0/s1. The fourth-order valence-corrected chi connectivity index (χ4v) is 6.59. The molecule has 3 heterocycles. The molecular formula is C31H33N3O6S2. The number of hydrogen-bond donors (Lipinski definition) is 0. The number of aromatic nitrogens is 1. The number of hydrogen-bond acceptors (Lipinski definition) is 9. The van der Waals surface area contributed by atoms with E-state index in [1.807, 2.05) is 36.6 Å². The third-order valence-electron chi connectivity index (χ3n) is 7.24. The number of thiazole rings is 1. The second-order valence-corrected chi connectivity index (χ2v) is 11.8. The summed E-state index contributed by atoms with van der Waals surface area (Å²) in [4.78, 5) is 47.4. The van der Waals surface area contributed by atoms with Crippen molar-refractivity contribution >= 4 is 41.1 Å². The van der Waals surface area contributed by atoms with Gasteiger partial charge >= 0.3 is 5.97 Å². The highest BCUT2D eigenvalue weighted by molar-refractivity contribution is 7.98. The van der Waals surface area contributed by atoms with E-state index >= 15 is 0 Å². The van der Waals surface area contributed by atoms with Gasteiger partial charge in [0.1, 0.15) is 0 Å². The largest absolute Gasteiger partial charge is 0.493 e. The van der Waals surface area contributed by atoms with Gasteiger partial charge in [-0.1, -0.05) is 29.5 Å². The number of amides is 1. The van der Waals surface area contributed by atoms with E-state index in [0.29, 0.717) is 32.1 Å². The molecule has 0 spiro atoms. The lowest BCUT2D eigenvalue weighted by Gasteiger charge is -2.24. The Hall–Kier alpha value is -3.83. The zero-order valence-corrected chi connectivity index (χ0v) is 25.7. The highest BCUT2D eigenvalue weighted by Gasteiger charge is 2.33. The lowest BCUT2D eigenvalue weighted by molar-refractivity contribution is -0.139. The molecule has 1 atom stereocenters. The number of benzene rings is 2. The molecule has 0 radical (unpaired) electrons. The average molecular weight is 608 g/mol. The van der Waals surface area contributed by atoms with Crippen LogP contribution in [0.4, 0.5) is 0 Å². The predicted molar refractivity (Wildman–Crippen MR) is 163 cm³/mol. The number of ether oxygens (including phenoxy) is 3. The van der Waals surface area contributed by atoms with Crippen molar-refractivity contribution in [2.24, 2.45) is 4.99 Å². The predicted octanol–water partition coefficient (Wildman–Crippen LogP) is 3.53. The maximum atomic E-state index is 13.9. The van der Waals surface area contributed by atoms with Gasteiger partial charge in [0.2, 0.25) is 0 Å². The summed E-state index contributed by atoms with van der Waals surface area (Å²) >= 11 is 2.87. The minimum atomic E-state index is -0.670. The second-order valence-electron chi connectivity index (χ2n) is 9.86. The molecule has 1 amide bonds. The summed E-state index contributed by atoms with van der Waals surface area (Å²) in [5, 5.41) is 0. The maximum Gasteiger partial charge on any atom is 0.338 e. The van der Waals surface area contributed by atoms with Crippen molar-refractivity contribution in [3.05, 3.63) is 84.5 Å². The van der Waals surface area contributed by atoms with Gasteiger partial charge < -0.3 is 19.1 Å². The van der Waals surface area contributed by atoms with Gasteiger partial charge in [0.05, 0.1) is 35.6 Å². The third-order valence-corrected chi connectivity index (χ3v) is 8.97. The molecule has 3 aromatic rings. The van der Waals surface area contributed by atoms with E-state index in [1.54, 1.807) is 53.3 Å². The van der Waals surface area contributed by atoms with E-state index in [9.17, 15) is 14.4 Å². The highest BCUT2D eigenvalue weighted by Crippen LogP contribution is 2.32. The average Bonchev–Trinajstić information content (AvgIpc) is 3.64. The van der Waals surface area contributed by atoms with Crippen molar-refractivity contribution in [3.8, 4) is 11.5 Å². The molecule has 0 aliphatic carbocycles. The van der Waals surface area contributed by atoms with E-state index in [4.69, 9.17) is 14.2 Å². The molecule has 11 heteroatoms. The molecule has 1 saturated heterocycles. The molecule has 2 aromatic carbocycles. The van der Waals surface area contributed by atoms with Crippen LogP contribution in [0.2, 0.25) is 0 Å². The molecule has 0 unspecified atom stereocenters. The van der Waals surface area contributed by atoms with Crippen LogP contribution in [-0.4, -0.2) is 61.0 Å². The van der Waals surface area contributed by atoms with Crippen molar-refractivity contribution in [1.29, 1.82) is 0 Å². The van der Waals surface area contributed by atoms with Crippen molar-refractivity contribution < 1.29 is 23.8 Å². The van der Waals surface area contributed by atoms with E-state index in [0.717, 1.165) is 42.0 Å². The molecule has 2 aliphatic heterocycles. The molecule has 1 aromatic heterocycles. The number of allylic oxidation sites excluding steroid dienone is 1. The SMILES string of the molecule is CCOC(=O)C1=C(C)N=c2s/c(=C/c3ccc(OCC(=O)N4CCCC4)c(OC)c3)c(=O)n2[C@H]1c1ccc(SC)cc1. The second kappa shape index (κ2) is 13.0. The summed E-state index contributed by atoms with van der Waals surface area (Å²) in [5.74, 6) is 0.371. The number of esters is 1. The van der Waals surface area contributed by atoms with Gasteiger partial charge in [0.25, 0.3) is 11.5 Å². The lowest BCUT2D eigenvalue weighted by atomic mass is 9.96. The van der Waals surface area contributed by atoms with Crippen LogP contribution in [0.3, 0.4) is 0 Å². The molecule has 9 nitrogen and oxygen atoms in total. The van der Waals surface area contributed by atoms with Crippen LogP contribution in [0.1, 0.15) is 43.9 Å². The molecule has 5 rings (SSSR count). The maximum absolute atomic E-state index is 13.9. The van der Waals surface area contributed by atoms with Crippen LogP contribution in [-0.2, 0) is 14.3 Å². The fourth-order valence-electron chi connectivity index (χ4n) is 5.14. The number of methoxy groups -OCH3 is 1. The Morgan fingerprint density at radius 2 is 1.86 bits per heavy atom. The normalized spacial score (nSPS) is 16.7. The molecule has 2 aliphatic rings. The van der Waals surface area contributed by atoms with Crippen LogP contribution in [0.5, 0.6) is 11.5 Å². The molecule has 0 N–H and O–H groups in total. The van der Waals surface area contributed by atoms with Gasteiger partial charge in [-0.2, -0.15) is 0 Å². The minimum Gasteiger partial charge on any atom is -0.493 e. The number of rotatable bonds is 9. The summed E-state index contributed by atoms with van der Waals surface area (Å²) < 4.78 is 18.7. The Kier molecular flexibility index (Phi) is 9.18. The first kappa shape index (κ1) is 29.7. The van der Waals surface area contributed by atoms with Gasteiger partial charge in [-0.15, -0.1) is 11.8 Å². The Labute approximate surface area is 252 Å². The number of carbonyl (C=O) groups excluding carboxylic acids is 2. The van der Waals surface area contributed by atoms with E-state index in [1.165, 1.54) is 18.4 Å². The van der Waals surface area contributed by atoms with Crippen LogP contribution < -0.4 is 24.4 Å². The zero-order chi connectivity index (χ0) is 29.8. The van der Waals surface area contributed by atoms with Crippen molar-refractivity contribution in [1.82, 2.24) is 9.47 Å². The van der Waals surface area contributed by atoms with E-state index < -0.39 is 12.0 Å². The van der Waals surface area contributed by atoms with Crippen LogP contribution in [0.15, 0.2) is 68.4 Å². The van der Waals surface area contributed by atoms with Crippen LogP contribution in [0.25, 0.3) is 6.08 Å². The van der Waals surface area contributed by atoms with Crippen LogP contribution in [0, 0.1) is 0 Å². The minimum absolute atomic E-state index is 0.0464. The van der Waals surface area contributed by atoms with Gasteiger partial charge in [0.15, 0.2) is 22.9 Å². The molecule has 42 heavy (non-hydrogen) atoms. The summed E-state index contributed by atoms with van der Waals surface area (Å²) in [6, 6.07) is 12.5. The Morgan fingerprint density at radius 1 is 1.12 bits per heavy atom. The van der Waals surface area contributed by atoms with Crippen molar-refractivity contribution in [3.63, 3.8) is 0 Å². The third kappa shape index (κ3) is 6.03. The van der Waals surface area contributed by atoms with E-state index in [-0.39, 0.29) is 24.7 Å². The summed E-state index contributed by atoms with van der Waals surface area (Å²) in [5.41, 5.74) is 2.12. The molecule has 0 bridgehead atoms. The summed E-state index contributed by atoms with van der Waals surface area (Å²) in [7, 11) is 1.53. The zero-order valence-electron chi connectivity index (χ0n) is 24.0. The number of thioether (sulfide) groups is 1. The van der Waals surface area contributed by atoms with Gasteiger partial charge in [-0.3, -0.25) is 14.2 Å². The van der Waals surface area contributed by atoms with Crippen molar-refractivity contribution in [2.45, 2.75) is 37.6 Å². The van der Waals surface area contributed by atoms with Gasteiger partial charge in [-0.05, 0) is 74.4 Å². The number of likely N-dealkylation sites (tertiary alicyclic amines) is 1. The monoisotopic (exact) mass is 607 g/mol. The smallest absolute Gasteiger partial charge is 0.338 e. The van der Waals surface area contributed by atoms with Crippen LogP contribution >= 0.6 is 23.1 Å². The topological polar surface area (TPSA) is 99.4 Å². The molecule has 1 fully saturated rings. The Morgan fingerprint density at radius 3 is 2.52 bits per heavy atom. The quantitative estimate of drug-likeness (QED) is 0.271. The number of carbonyl (C=O) groups is 2. The number of fused-ring (bicyclic) bond motifs is 1. The lowest BCUT2D eigenvalue weighted by Crippen LogP contribution is -2.39. The first-order chi connectivity index (χ1) is 20.3. The first-order valence-corrected chi connectivity index (χ1v) is 15.8. The molecule has 0 saturated carbocycles. The van der Waals surface area contributed by atoms with Gasteiger partial charge in [0, 0.05) is 18.0 Å². The van der Waals surface area contributed by atoms with E-state index in [2.05, 4.69) is 4.99 Å². The highest BCUT2D eigenvalue weighted by atomic mass is 32.2. The fraction of sp³-hybridized carbons (Fsp3) is 0.355. The summed E-state index contributed by atoms with van der Waals surface area (Å²) in [6.45, 7) is 5.20. The summed E-state index contributed by atoms with van der Waals surface area (Å²) in [6.07, 6.45) is 5.80. The Balaban J connectivity index is 1.51. The number of nitrogens with zero attached hydrogens (tertiary/aromatic N) is 3. The van der Waals surface area contributed by atoms with Crippen molar-refractivity contribution in [2.75, 3.05) is 39.7 Å². The molecule has 220 valence electrons. The molecular weight excluding hydrogens is 574 g/mol. The Bertz CT molecular complexity index is 1700. The van der Waals surface area contributed by atoms with Gasteiger partial charge in [-0.25, -0.2) is 9.79 Å².